The molecule has 0 unspecified atom stereocenters. The number of rotatable bonds is 0. The molecule has 0 aliphatic carbocycles. The van der Waals surface area contributed by atoms with Gasteiger partial charge in [0, 0.05) is 17.4 Å². The van der Waals surface area contributed by atoms with Crippen molar-refractivity contribution < 1.29 is 22.2 Å². The van der Waals surface area contributed by atoms with Gasteiger partial charge < -0.3 is 0 Å². The van der Waals surface area contributed by atoms with Gasteiger partial charge in [0.2, 0.25) is 0 Å². The van der Waals surface area contributed by atoms with Crippen LogP contribution in [0.4, 0.5) is 0 Å². The summed E-state index contributed by atoms with van der Waals surface area (Å²) in [6.45, 7) is 0. The fraction of sp³-hybridized carbons (Fsp3) is 0. The molecule has 0 rings (SSSR count). The minimum absolute atomic E-state index is 0. The van der Waals surface area contributed by atoms with Crippen LogP contribution in [0.2, 0.25) is 0 Å². The van der Waals surface area contributed by atoms with E-state index in [1.807, 2.05) is 0 Å². The van der Waals surface area contributed by atoms with E-state index in [1.165, 1.54) is 0 Å². The first-order valence-electron chi connectivity index (χ1n) is 0.582. The second-order valence-corrected chi connectivity index (χ2v) is 6.54. The number of hydrogen-bond acceptors (Lipinski definition) is 1. The Balaban J connectivity index is -0.0000000450. The molecule has 6 heteroatoms. The molecule has 35 valence electrons. The maximum absolute atomic E-state index is 9.26. The fourth-order valence-electron chi connectivity index (χ4n) is 0. The van der Waals surface area contributed by atoms with Crippen molar-refractivity contribution in [3.8, 4) is 0 Å². The average Bonchev–Trinajstić information content (AvgIpc) is 0.811. The van der Waals surface area contributed by atoms with Gasteiger partial charge in [-0.15, -0.1) is 12.4 Å². The van der Waals surface area contributed by atoms with Crippen LogP contribution in [-0.4, -0.2) is 17.4 Å². The molecule has 0 atom stereocenters. The summed E-state index contributed by atoms with van der Waals surface area (Å²) >= 11 is -2.85. The first-order valence-corrected chi connectivity index (χ1v) is 7.92. The van der Waals surface area contributed by atoms with Gasteiger partial charge in [-0.25, -0.2) is 0 Å². The Morgan fingerprint density at radius 1 is 1.33 bits per heavy atom. The van der Waals surface area contributed by atoms with Crippen molar-refractivity contribution in [1.29, 1.82) is 0 Å². The van der Waals surface area contributed by atoms with Crippen LogP contribution in [0.1, 0.15) is 0 Å². The molecule has 0 fully saturated rings. The molecule has 0 aromatic carbocycles. The molecule has 1 nitrogen and oxygen atoms in total. The van der Waals surface area contributed by atoms with Crippen LogP contribution in [-0.2, 0) is 22.2 Å². The quantitative estimate of drug-likeness (QED) is 0.584. The molecule has 0 spiro atoms. The van der Waals surface area contributed by atoms with Gasteiger partial charge in [-0.2, -0.15) is 0 Å². The summed E-state index contributed by atoms with van der Waals surface area (Å²) in [5.41, 5.74) is 0. The van der Waals surface area contributed by atoms with Crippen molar-refractivity contribution in [2.45, 2.75) is 0 Å². The molecule has 0 amide bonds. The molecule has 0 aliphatic rings. The molecule has 0 aromatic rings. The first kappa shape index (κ1) is 15.7. The van der Waals surface area contributed by atoms with Gasteiger partial charge in [-0.3, -0.25) is 0 Å². The van der Waals surface area contributed by atoms with Crippen molar-refractivity contribution in [2.24, 2.45) is 0 Å². The summed E-state index contributed by atoms with van der Waals surface area (Å²) in [5.74, 6) is 0. The third kappa shape index (κ3) is 36.2. The third-order valence-electron chi connectivity index (χ3n) is 0. The van der Waals surface area contributed by atoms with E-state index in [-0.39, 0.29) is 29.8 Å². The summed E-state index contributed by atoms with van der Waals surface area (Å²) in [6, 6.07) is 0. The van der Waals surface area contributed by atoms with Gasteiger partial charge in [0.25, 0.3) is 0 Å². The summed E-state index contributed by atoms with van der Waals surface area (Å²) in [5, 5.41) is 0. The van der Waals surface area contributed by atoms with E-state index < -0.39 is 19.4 Å². The Morgan fingerprint density at radius 3 is 1.33 bits per heavy atom. The van der Waals surface area contributed by atoms with Crippen LogP contribution < -0.4 is 0 Å². The van der Waals surface area contributed by atoms with Crippen molar-refractivity contribution >= 4 is 46.8 Å². The van der Waals surface area contributed by atoms with Gasteiger partial charge in [0.05, 0.1) is 0 Å². The fourth-order valence-corrected chi connectivity index (χ4v) is 0. The first-order chi connectivity index (χ1) is 1.73. The zero-order chi connectivity index (χ0) is 3.58. The molecule has 6 heavy (non-hydrogen) atoms. The van der Waals surface area contributed by atoms with Crippen molar-refractivity contribution in [2.75, 3.05) is 0 Å². The minimum atomic E-state index is -2.85. The molecule has 3 radical (unpaired) electrons. The Hall–Kier alpha value is 2.09. The van der Waals surface area contributed by atoms with Crippen molar-refractivity contribution in [3.63, 3.8) is 0 Å². The molecule has 0 heterocycles. The van der Waals surface area contributed by atoms with Crippen molar-refractivity contribution in [3.05, 3.63) is 0 Å². The molecule has 0 saturated carbocycles. The molecule has 0 saturated heterocycles. The van der Waals surface area contributed by atoms with E-state index in [0.29, 0.717) is 0 Å². The summed E-state index contributed by atoms with van der Waals surface area (Å²) in [6.07, 6.45) is 0. The van der Waals surface area contributed by atoms with Crippen LogP contribution in [0.5, 0.6) is 0 Å². The molecule has 0 aliphatic heterocycles. The SMILES string of the molecule is Cl.[Al].[O]=[Zr]([Cl])[Cl]. The zero-order valence-electron chi connectivity index (χ0n) is 2.65. The van der Waals surface area contributed by atoms with E-state index in [0.717, 1.165) is 0 Å². The predicted octanol–water partition coefficient (Wildman–Crippen LogP) is 1.30. The van der Waals surface area contributed by atoms with Crippen LogP contribution >= 0.6 is 29.4 Å². The van der Waals surface area contributed by atoms with E-state index in [9.17, 15) is 2.81 Å². The van der Waals surface area contributed by atoms with E-state index in [1.54, 1.807) is 0 Å². The van der Waals surface area contributed by atoms with Crippen LogP contribution in [0.15, 0.2) is 0 Å². The average molecular weight is 242 g/mol. The molecule has 0 aromatic heterocycles. The normalized spacial score (nSPS) is 4.33. The van der Waals surface area contributed by atoms with Crippen LogP contribution in [0.3, 0.4) is 0 Å². The Morgan fingerprint density at radius 2 is 1.33 bits per heavy atom. The maximum atomic E-state index is 9.26. The Bertz CT molecular complexity index is 33.8. The summed E-state index contributed by atoms with van der Waals surface area (Å²) < 4.78 is 9.26. The predicted molar refractivity (Wildman–Crippen MR) is 25.4 cm³/mol. The van der Waals surface area contributed by atoms with E-state index in [2.05, 4.69) is 17.0 Å². The number of hydrogen-bond donors (Lipinski definition) is 0. The number of halogens is 3. The van der Waals surface area contributed by atoms with Gasteiger partial charge in [0.15, 0.2) is 0 Å². The van der Waals surface area contributed by atoms with E-state index >= 15 is 0 Å². The monoisotopic (exact) mass is 239 g/mol. The molecule has 0 bridgehead atoms. The standard InChI is InChI=1S/Al.3ClH.O.Zr/h;3*1H;;/q;;;;;+2/p-2. The second-order valence-electron chi connectivity index (χ2n) is 0.226. The van der Waals surface area contributed by atoms with Gasteiger partial charge in [0.1, 0.15) is 0 Å². The Kier molecular flexibility index (Phi) is 26.5. The Labute approximate surface area is 68.1 Å². The topological polar surface area (TPSA) is 17.1 Å². The van der Waals surface area contributed by atoms with E-state index in [4.69, 9.17) is 0 Å². The second kappa shape index (κ2) is 10.1. The molecular formula is HAlCl3OZr. The molecular weight excluding hydrogens is 241 g/mol. The van der Waals surface area contributed by atoms with Gasteiger partial charge in [-0.1, -0.05) is 0 Å². The van der Waals surface area contributed by atoms with Gasteiger partial charge in [-0.05, 0) is 0 Å². The van der Waals surface area contributed by atoms with Crippen LogP contribution in [0.25, 0.3) is 0 Å². The van der Waals surface area contributed by atoms with Gasteiger partial charge >= 0.3 is 39.2 Å². The van der Waals surface area contributed by atoms with Crippen molar-refractivity contribution in [1.82, 2.24) is 0 Å². The molecule has 0 N–H and O–H groups in total. The summed E-state index contributed by atoms with van der Waals surface area (Å²) in [7, 11) is 9.36. The zero-order valence-corrected chi connectivity index (χ0v) is 8.59. The summed E-state index contributed by atoms with van der Waals surface area (Å²) in [4.78, 5) is 0. The van der Waals surface area contributed by atoms with Crippen LogP contribution in [0, 0.1) is 0 Å². The third-order valence-corrected chi connectivity index (χ3v) is 0.